The van der Waals surface area contributed by atoms with Crippen LogP contribution in [0.1, 0.15) is 16.1 Å². The molecule has 0 atom stereocenters. The molecule has 4 nitrogen and oxygen atoms in total. The quantitative estimate of drug-likeness (QED) is 0.911. The van der Waals surface area contributed by atoms with Gasteiger partial charge in [-0.25, -0.2) is 9.78 Å². The average molecular weight is 271 g/mol. The number of hydrogen-bond acceptors (Lipinski definition) is 3. The van der Waals surface area contributed by atoms with Crippen molar-refractivity contribution in [3.8, 4) is 5.75 Å². The Balaban J connectivity index is 2.55. The minimum absolute atomic E-state index is 0.0314. The molecule has 0 unspecified atom stereocenters. The summed E-state index contributed by atoms with van der Waals surface area (Å²) in [6.07, 6.45) is -4.81. The summed E-state index contributed by atoms with van der Waals surface area (Å²) >= 11 is 0. The molecule has 1 heterocycles. The van der Waals surface area contributed by atoms with E-state index in [1.54, 1.807) is 0 Å². The first kappa shape index (κ1) is 13.1. The highest BCUT2D eigenvalue weighted by Gasteiger charge is 2.32. The van der Waals surface area contributed by atoms with Gasteiger partial charge >= 0.3 is 12.3 Å². The maximum Gasteiger partial charge on any atom is 0.573 e. The number of carboxylic acid groups (broad SMARTS) is 1. The van der Waals surface area contributed by atoms with Crippen molar-refractivity contribution in [1.82, 2.24) is 4.98 Å². The van der Waals surface area contributed by atoms with Gasteiger partial charge in [-0.3, -0.25) is 0 Å². The molecule has 0 saturated heterocycles. The van der Waals surface area contributed by atoms with E-state index in [0.29, 0.717) is 5.52 Å². The number of ether oxygens (including phenoxy) is 1. The van der Waals surface area contributed by atoms with Crippen LogP contribution in [0.5, 0.6) is 5.75 Å². The van der Waals surface area contributed by atoms with Crippen molar-refractivity contribution >= 4 is 16.9 Å². The number of hydrogen-bond donors (Lipinski definition) is 1. The Labute approximate surface area is 105 Å². The van der Waals surface area contributed by atoms with Gasteiger partial charge in [0, 0.05) is 5.39 Å². The number of benzene rings is 1. The van der Waals surface area contributed by atoms with Gasteiger partial charge in [0.05, 0.1) is 16.8 Å². The highest BCUT2D eigenvalue weighted by atomic mass is 19.4. The van der Waals surface area contributed by atoms with Gasteiger partial charge in [-0.2, -0.15) is 0 Å². The van der Waals surface area contributed by atoms with Crippen molar-refractivity contribution in [1.29, 1.82) is 0 Å². The Bertz CT molecular complexity index is 652. The van der Waals surface area contributed by atoms with E-state index in [0.717, 1.165) is 6.07 Å². The van der Waals surface area contributed by atoms with E-state index in [1.807, 2.05) is 0 Å². The first-order valence-electron chi connectivity index (χ1n) is 5.17. The number of nitrogens with zero attached hydrogens (tertiary/aromatic N) is 1. The highest BCUT2D eigenvalue weighted by molar-refractivity contribution is 5.93. The Morgan fingerprint density at radius 1 is 1.32 bits per heavy atom. The summed E-state index contributed by atoms with van der Waals surface area (Å²) in [6.45, 7) is 1.38. The molecule has 7 heteroatoms. The molecular weight excluding hydrogens is 263 g/mol. The molecule has 1 aromatic carbocycles. The number of rotatable bonds is 2. The van der Waals surface area contributed by atoms with Gasteiger partial charge in [-0.15, -0.1) is 13.2 Å². The molecule has 0 aliphatic heterocycles. The van der Waals surface area contributed by atoms with E-state index >= 15 is 0 Å². The topological polar surface area (TPSA) is 59.4 Å². The van der Waals surface area contributed by atoms with Crippen molar-refractivity contribution in [2.45, 2.75) is 13.3 Å². The molecule has 0 aliphatic rings. The molecule has 2 aromatic rings. The van der Waals surface area contributed by atoms with E-state index in [4.69, 9.17) is 5.11 Å². The summed E-state index contributed by atoms with van der Waals surface area (Å²) in [5.74, 6) is -1.61. The lowest BCUT2D eigenvalue weighted by Crippen LogP contribution is -2.18. The van der Waals surface area contributed by atoms with Crippen LogP contribution in [0.15, 0.2) is 24.3 Å². The van der Waals surface area contributed by atoms with Crippen LogP contribution in [-0.4, -0.2) is 22.4 Å². The monoisotopic (exact) mass is 271 g/mol. The summed E-state index contributed by atoms with van der Waals surface area (Å²) < 4.78 is 40.4. The minimum Gasteiger partial charge on any atom is -0.478 e. The fourth-order valence-electron chi connectivity index (χ4n) is 1.61. The molecule has 0 amide bonds. The number of aromatic nitrogens is 1. The van der Waals surface area contributed by atoms with Crippen LogP contribution in [-0.2, 0) is 0 Å². The van der Waals surface area contributed by atoms with Gasteiger partial charge in [0.2, 0.25) is 0 Å². The maximum atomic E-state index is 12.2. The van der Waals surface area contributed by atoms with E-state index < -0.39 is 18.1 Å². The number of carbonyl (C=O) groups is 1. The maximum absolute atomic E-state index is 12.2. The number of alkyl halides is 3. The largest absolute Gasteiger partial charge is 0.573 e. The molecule has 1 aromatic heterocycles. The summed E-state index contributed by atoms with van der Waals surface area (Å²) in [5, 5.41) is 9.09. The highest BCUT2D eigenvalue weighted by Crippen LogP contribution is 2.28. The molecule has 1 N–H and O–H groups in total. The van der Waals surface area contributed by atoms with Crippen LogP contribution >= 0.6 is 0 Å². The smallest absolute Gasteiger partial charge is 0.478 e. The Kier molecular flexibility index (Phi) is 3.05. The summed E-state index contributed by atoms with van der Waals surface area (Å²) in [4.78, 5) is 14.7. The first-order chi connectivity index (χ1) is 8.76. The Hall–Kier alpha value is -2.31. The summed E-state index contributed by atoms with van der Waals surface area (Å²) in [6, 6.07) is 5.13. The van der Waals surface area contributed by atoms with Crippen LogP contribution in [0.3, 0.4) is 0 Å². The second-order valence-corrected chi connectivity index (χ2v) is 3.83. The van der Waals surface area contributed by atoms with Crippen LogP contribution in [0.25, 0.3) is 10.9 Å². The van der Waals surface area contributed by atoms with Crippen molar-refractivity contribution in [3.63, 3.8) is 0 Å². The molecule has 0 spiro atoms. The first-order valence-corrected chi connectivity index (χ1v) is 5.17. The third-order valence-corrected chi connectivity index (χ3v) is 2.43. The number of halogens is 3. The van der Waals surface area contributed by atoms with Crippen LogP contribution in [0.4, 0.5) is 13.2 Å². The van der Waals surface area contributed by atoms with Gasteiger partial charge in [-0.05, 0) is 31.2 Å². The second-order valence-electron chi connectivity index (χ2n) is 3.83. The third-order valence-electron chi connectivity index (χ3n) is 2.43. The van der Waals surface area contributed by atoms with Gasteiger partial charge < -0.3 is 9.84 Å². The van der Waals surface area contributed by atoms with Crippen molar-refractivity contribution in [2.75, 3.05) is 0 Å². The molecule has 2 rings (SSSR count). The lowest BCUT2D eigenvalue weighted by Gasteiger charge is -2.11. The fourth-order valence-corrected chi connectivity index (χ4v) is 1.61. The third kappa shape index (κ3) is 2.93. The molecule has 0 aliphatic carbocycles. The van der Waals surface area contributed by atoms with Crippen LogP contribution in [0.2, 0.25) is 0 Å². The van der Waals surface area contributed by atoms with E-state index in [1.165, 1.54) is 25.1 Å². The Morgan fingerprint density at radius 2 is 2.00 bits per heavy atom. The van der Waals surface area contributed by atoms with E-state index in [2.05, 4.69) is 9.72 Å². The molecule has 0 bridgehead atoms. The van der Waals surface area contributed by atoms with Crippen molar-refractivity contribution in [2.24, 2.45) is 0 Å². The predicted octanol–water partition coefficient (Wildman–Crippen LogP) is 3.14. The second kappa shape index (κ2) is 4.42. The normalized spacial score (nSPS) is 11.6. The lowest BCUT2D eigenvalue weighted by molar-refractivity contribution is -0.274. The van der Waals surface area contributed by atoms with E-state index in [9.17, 15) is 18.0 Å². The van der Waals surface area contributed by atoms with Crippen molar-refractivity contribution in [3.05, 3.63) is 35.5 Å². The SMILES string of the molecule is Cc1nc2ccc(C(=O)O)cc2cc1OC(F)(F)F. The number of carboxylic acids is 1. The fraction of sp³-hybridized carbons (Fsp3) is 0.167. The Morgan fingerprint density at radius 3 is 2.58 bits per heavy atom. The average Bonchev–Trinajstić information content (AvgIpc) is 2.27. The number of aromatic carboxylic acids is 1. The van der Waals surface area contributed by atoms with Crippen LogP contribution < -0.4 is 4.74 Å². The van der Waals surface area contributed by atoms with Gasteiger partial charge in [0.25, 0.3) is 0 Å². The standard InChI is InChI=1S/C12H8F3NO3/c1-6-10(19-12(13,14)15)5-8-4-7(11(17)18)2-3-9(8)16-6/h2-5H,1H3,(H,17,18). The zero-order valence-corrected chi connectivity index (χ0v) is 9.65. The predicted molar refractivity (Wildman–Crippen MR) is 60.1 cm³/mol. The van der Waals surface area contributed by atoms with Crippen LogP contribution in [0, 0.1) is 6.92 Å². The number of pyridine rings is 1. The lowest BCUT2D eigenvalue weighted by atomic mass is 10.1. The van der Waals surface area contributed by atoms with Crippen molar-refractivity contribution < 1.29 is 27.8 Å². The number of aryl methyl sites for hydroxylation is 1. The van der Waals surface area contributed by atoms with Gasteiger partial charge in [-0.1, -0.05) is 0 Å². The molecule has 0 fully saturated rings. The summed E-state index contributed by atoms with van der Waals surface area (Å²) in [7, 11) is 0. The zero-order valence-electron chi connectivity index (χ0n) is 9.65. The molecule has 100 valence electrons. The number of fused-ring (bicyclic) bond motifs is 1. The van der Waals surface area contributed by atoms with Gasteiger partial charge in [0.1, 0.15) is 0 Å². The zero-order chi connectivity index (χ0) is 14.2. The van der Waals surface area contributed by atoms with Gasteiger partial charge in [0.15, 0.2) is 5.75 Å². The summed E-state index contributed by atoms with van der Waals surface area (Å²) in [5.41, 5.74) is 0.445. The molecule has 0 radical (unpaired) electrons. The minimum atomic E-state index is -4.81. The molecule has 19 heavy (non-hydrogen) atoms. The molecule has 0 saturated carbocycles. The molecular formula is C12H8F3NO3. The van der Waals surface area contributed by atoms with E-state index in [-0.39, 0.29) is 16.6 Å².